The van der Waals surface area contributed by atoms with E-state index in [0.717, 1.165) is 38.9 Å². The zero-order valence-corrected chi connectivity index (χ0v) is 8.68. The molecule has 3 heteroatoms. The maximum Gasteiger partial charge on any atom is 0.137 e. The molecule has 1 fully saturated rings. The van der Waals surface area contributed by atoms with Gasteiger partial charge in [-0.2, -0.15) is 0 Å². The van der Waals surface area contributed by atoms with E-state index in [1.165, 1.54) is 0 Å². The largest absolute Gasteiger partial charge is 0.317 e. The molecule has 0 saturated carbocycles. The molecule has 3 nitrogen and oxygen atoms in total. The van der Waals surface area contributed by atoms with Crippen molar-refractivity contribution in [3.8, 4) is 0 Å². The lowest BCUT2D eigenvalue weighted by atomic mass is 9.92. The van der Waals surface area contributed by atoms with Crippen LogP contribution in [0.1, 0.15) is 19.3 Å². The van der Waals surface area contributed by atoms with Crippen molar-refractivity contribution in [2.45, 2.75) is 19.3 Å². The van der Waals surface area contributed by atoms with E-state index in [2.05, 4.69) is 10.2 Å². The van der Waals surface area contributed by atoms with Crippen molar-refractivity contribution in [1.29, 1.82) is 0 Å². The molecule has 1 aliphatic rings. The average molecular weight is 184 g/mol. The van der Waals surface area contributed by atoms with Crippen molar-refractivity contribution in [2.24, 2.45) is 5.92 Å². The zero-order valence-electron chi connectivity index (χ0n) is 8.68. The Balaban J connectivity index is 2.21. The molecule has 0 atom stereocenters. The number of hydrogen-bond donors (Lipinski definition) is 1. The molecule has 1 heterocycles. The van der Waals surface area contributed by atoms with Gasteiger partial charge >= 0.3 is 0 Å². The highest BCUT2D eigenvalue weighted by Crippen LogP contribution is 2.14. The highest BCUT2D eigenvalue weighted by atomic mass is 16.1. The number of nitrogens with zero attached hydrogens (tertiary/aromatic N) is 1. The topological polar surface area (TPSA) is 32.3 Å². The summed E-state index contributed by atoms with van der Waals surface area (Å²) in [7, 11) is 4.02. The van der Waals surface area contributed by atoms with Gasteiger partial charge in [0.1, 0.15) is 5.78 Å². The molecule has 0 bridgehead atoms. The van der Waals surface area contributed by atoms with Gasteiger partial charge in [0.2, 0.25) is 0 Å². The fourth-order valence-corrected chi connectivity index (χ4v) is 1.68. The zero-order chi connectivity index (χ0) is 9.68. The third kappa shape index (κ3) is 3.87. The Kier molecular flexibility index (Phi) is 4.39. The standard InChI is InChI=1S/C10H20N2O/c1-12(2)8-5-10(13)9-3-6-11-7-4-9/h9,11H,3-8H2,1-2H3. The molecule has 1 rings (SSSR count). The molecule has 0 aliphatic carbocycles. The van der Waals surface area contributed by atoms with Crippen LogP contribution < -0.4 is 5.32 Å². The number of piperidine rings is 1. The van der Waals surface area contributed by atoms with Gasteiger partial charge in [-0.1, -0.05) is 0 Å². The van der Waals surface area contributed by atoms with E-state index in [9.17, 15) is 4.79 Å². The molecule has 0 unspecified atom stereocenters. The number of hydrogen-bond acceptors (Lipinski definition) is 3. The van der Waals surface area contributed by atoms with E-state index in [0.29, 0.717) is 11.7 Å². The number of carbonyl (C=O) groups excluding carboxylic acids is 1. The predicted octanol–water partition coefficient (Wildman–Crippen LogP) is 0.507. The summed E-state index contributed by atoms with van der Waals surface area (Å²) in [5.74, 6) is 0.788. The van der Waals surface area contributed by atoms with Crippen molar-refractivity contribution >= 4 is 5.78 Å². The Morgan fingerprint density at radius 1 is 1.38 bits per heavy atom. The maximum absolute atomic E-state index is 11.6. The fourth-order valence-electron chi connectivity index (χ4n) is 1.68. The van der Waals surface area contributed by atoms with Gasteiger partial charge in [-0.15, -0.1) is 0 Å². The maximum atomic E-state index is 11.6. The minimum Gasteiger partial charge on any atom is -0.317 e. The van der Waals surface area contributed by atoms with Crippen molar-refractivity contribution in [3.63, 3.8) is 0 Å². The quantitative estimate of drug-likeness (QED) is 0.691. The van der Waals surface area contributed by atoms with Crippen LogP contribution in [0.25, 0.3) is 0 Å². The van der Waals surface area contributed by atoms with Crippen molar-refractivity contribution in [3.05, 3.63) is 0 Å². The predicted molar refractivity (Wildman–Crippen MR) is 53.8 cm³/mol. The van der Waals surface area contributed by atoms with Crippen LogP contribution in [0.15, 0.2) is 0 Å². The smallest absolute Gasteiger partial charge is 0.137 e. The Hall–Kier alpha value is -0.410. The monoisotopic (exact) mass is 184 g/mol. The van der Waals surface area contributed by atoms with Crippen LogP contribution in [0.5, 0.6) is 0 Å². The van der Waals surface area contributed by atoms with E-state index in [1.54, 1.807) is 0 Å². The second-order valence-electron chi connectivity index (χ2n) is 4.04. The van der Waals surface area contributed by atoms with Gasteiger partial charge in [-0.3, -0.25) is 4.79 Å². The summed E-state index contributed by atoms with van der Waals surface area (Å²) in [6.45, 7) is 2.92. The number of Topliss-reactive ketones (excluding diaryl/α,β-unsaturated/α-hetero) is 1. The third-order valence-corrected chi connectivity index (χ3v) is 2.60. The van der Waals surface area contributed by atoms with E-state index in [-0.39, 0.29) is 0 Å². The Morgan fingerprint density at radius 3 is 2.54 bits per heavy atom. The first-order chi connectivity index (χ1) is 6.20. The Bertz CT molecular complexity index is 162. The summed E-state index contributed by atoms with van der Waals surface area (Å²) < 4.78 is 0. The molecule has 0 amide bonds. The highest BCUT2D eigenvalue weighted by Gasteiger charge is 2.20. The lowest BCUT2D eigenvalue weighted by Crippen LogP contribution is -2.32. The van der Waals surface area contributed by atoms with Crippen LogP contribution in [-0.4, -0.2) is 44.4 Å². The number of rotatable bonds is 4. The molecule has 76 valence electrons. The van der Waals surface area contributed by atoms with Crippen LogP contribution in [0, 0.1) is 5.92 Å². The van der Waals surface area contributed by atoms with Crippen molar-refractivity contribution in [2.75, 3.05) is 33.7 Å². The van der Waals surface area contributed by atoms with Gasteiger partial charge < -0.3 is 10.2 Å². The highest BCUT2D eigenvalue weighted by molar-refractivity contribution is 5.81. The fraction of sp³-hybridized carbons (Fsp3) is 0.900. The first kappa shape index (κ1) is 10.7. The second-order valence-corrected chi connectivity index (χ2v) is 4.04. The lowest BCUT2D eigenvalue weighted by molar-refractivity contribution is -0.123. The summed E-state index contributed by atoms with van der Waals surface area (Å²) in [6.07, 6.45) is 2.79. The first-order valence-corrected chi connectivity index (χ1v) is 5.08. The number of carbonyl (C=O) groups is 1. The molecule has 1 saturated heterocycles. The van der Waals surface area contributed by atoms with Crippen LogP contribution >= 0.6 is 0 Å². The summed E-state index contributed by atoms with van der Waals surface area (Å²) in [4.78, 5) is 13.7. The average Bonchev–Trinajstić information content (AvgIpc) is 2.15. The molecule has 13 heavy (non-hydrogen) atoms. The molecular weight excluding hydrogens is 164 g/mol. The van der Waals surface area contributed by atoms with Crippen molar-refractivity contribution < 1.29 is 4.79 Å². The molecule has 1 N–H and O–H groups in total. The van der Waals surface area contributed by atoms with Gasteiger partial charge in [0.15, 0.2) is 0 Å². The summed E-state index contributed by atoms with van der Waals surface area (Å²) >= 11 is 0. The molecule has 0 aromatic heterocycles. The Morgan fingerprint density at radius 2 is 2.00 bits per heavy atom. The third-order valence-electron chi connectivity index (χ3n) is 2.60. The molecule has 0 aromatic rings. The second kappa shape index (κ2) is 5.35. The van der Waals surface area contributed by atoms with Gasteiger partial charge in [-0.25, -0.2) is 0 Å². The van der Waals surface area contributed by atoms with Gasteiger partial charge in [0.05, 0.1) is 0 Å². The van der Waals surface area contributed by atoms with Crippen LogP contribution in [0.4, 0.5) is 0 Å². The van der Waals surface area contributed by atoms with Gasteiger partial charge in [0, 0.05) is 18.9 Å². The molecule has 0 radical (unpaired) electrons. The number of ketones is 1. The van der Waals surface area contributed by atoms with Crippen LogP contribution in [0.3, 0.4) is 0 Å². The lowest BCUT2D eigenvalue weighted by Gasteiger charge is -2.21. The van der Waals surface area contributed by atoms with E-state index in [1.807, 2.05) is 14.1 Å². The summed E-state index contributed by atoms with van der Waals surface area (Å²) in [5, 5.41) is 3.27. The summed E-state index contributed by atoms with van der Waals surface area (Å²) in [5.41, 5.74) is 0. The minimum absolute atomic E-state index is 0.334. The molecule has 0 aromatic carbocycles. The summed E-state index contributed by atoms with van der Waals surface area (Å²) in [6, 6.07) is 0. The van der Waals surface area contributed by atoms with E-state index < -0.39 is 0 Å². The Labute approximate surface area is 80.5 Å². The van der Waals surface area contributed by atoms with E-state index >= 15 is 0 Å². The molecular formula is C10H20N2O. The SMILES string of the molecule is CN(C)CCC(=O)C1CCNCC1. The van der Waals surface area contributed by atoms with Gasteiger partial charge in [-0.05, 0) is 40.0 Å². The first-order valence-electron chi connectivity index (χ1n) is 5.08. The molecule has 0 spiro atoms. The minimum atomic E-state index is 0.334. The number of nitrogens with one attached hydrogen (secondary N) is 1. The van der Waals surface area contributed by atoms with Crippen molar-refractivity contribution in [1.82, 2.24) is 10.2 Å². The molecule has 1 aliphatic heterocycles. The van der Waals surface area contributed by atoms with E-state index in [4.69, 9.17) is 0 Å². The normalized spacial score (nSPS) is 19.3. The van der Waals surface area contributed by atoms with Crippen LogP contribution in [-0.2, 0) is 4.79 Å². The van der Waals surface area contributed by atoms with Gasteiger partial charge in [0.25, 0.3) is 0 Å². The van der Waals surface area contributed by atoms with Crippen LogP contribution in [0.2, 0.25) is 0 Å².